The van der Waals surface area contributed by atoms with Gasteiger partial charge in [-0.25, -0.2) is 4.39 Å². The highest BCUT2D eigenvalue weighted by Gasteiger charge is 2.08. The van der Waals surface area contributed by atoms with Crippen LogP contribution in [0.4, 0.5) is 4.39 Å². The molecule has 1 aromatic carbocycles. The molecule has 0 radical (unpaired) electrons. The van der Waals surface area contributed by atoms with E-state index in [0.717, 1.165) is 0 Å². The molecule has 0 amide bonds. The van der Waals surface area contributed by atoms with Crippen molar-refractivity contribution in [1.29, 1.82) is 0 Å². The molecule has 1 rings (SSSR count). The van der Waals surface area contributed by atoms with Gasteiger partial charge >= 0.3 is 0 Å². The lowest BCUT2D eigenvalue weighted by Gasteiger charge is -2.08. The van der Waals surface area contributed by atoms with Crippen molar-refractivity contribution in [1.82, 2.24) is 0 Å². The van der Waals surface area contributed by atoms with Gasteiger partial charge in [0.2, 0.25) is 0 Å². The Morgan fingerprint density at radius 1 is 1.50 bits per heavy atom. The SMILES string of the molecule is C#CCC(N)c1ccccc1F. The van der Waals surface area contributed by atoms with E-state index >= 15 is 0 Å². The Morgan fingerprint density at radius 3 is 2.75 bits per heavy atom. The number of benzene rings is 1. The van der Waals surface area contributed by atoms with E-state index in [1.807, 2.05) is 0 Å². The van der Waals surface area contributed by atoms with Crippen LogP contribution in [0.3, 0.4) is 0 Å². The van der Waals surface area contributed by atoms with Crippen molar-refractivity contribution in [3.8, 4) is 12.3 Å². The second-order valence-electron chi connectivity index (χ2n) is 2.54. The van der Waals surface area contributed by atoms with Gasteiger partial charge in [-0.05, 0) is 6.07 Å². The molecular weight excluding hydrogens is 153 g/mol. The predicted molar refractivity (Wildman–Crippen MR) is 46.8 cm³/mol. The number of hydrogen-bond acceptors (Lipinski definition) is 1. The highest BCUT2D eigenvalue weighted by molar-refractivity contribution is 5.21. The predicted octanol–water partition coefficient (Wildman–Crippen LogP) is 1.85. The van der Waals surface area contributed by atoms with Crippen molar-refractivity contribution in [3.63, 3.8) is 0 Å². The Hall–Kier alpha value is -1.33. The van der Waals surface area contributed by atoms with Crippen LogP contribution in [0.15, 0.2) is 24.3 Å². The average Bonchev–Trinajstić information content (AvgIpc) is 2.05. The summed E-state index contributed by atoms with van der Waals surface area (Å²) in [4.78, 5) is 0. The second-order valence-corrected chi connectivity index (χ2v) is 2.54. The topological polar surface area (TPSA) is 26.0 Å². The van der Waals surface area contributed by atoms with Gasteiger partial charge in [0.15, 0.2) is 0 Å². The van der Waals surface area contributed by atoms with E-state index in [-0.39, 0.29) is 5.82 Å². The molecule has 0 aromatic heterocycles. The highest BCUT2D eigenvalue weighted by Crippen LogP contribution is 2.16. The largest absolute Gasteiger partial charge is 0.323 e. The fourth-order valence-electron chi connectivity index (χ4n) is 1.01. The van der Waals surface area contributed by atoms with E-state index in [9.17, 15) is 4.39 Å². The Balaban J connectivity index is 2.88. The molecule has 0 aliphatic carbocycles. The minimum atomic E-state index is -0.392. The minimum Gasteiger partial charge on any atom is -0.323 e. The fourth-order valence-corrected chi connectivity index (χ4v) is 1.01. The molecule has 1 nitrogen and oxygen atoms in total. The average molecular weight is 163 g/mol. The Morgan fingerprint density at radius 2 is 2.17 bits per heavy atom. The zero-order valence-electron chi connectivity index (χ0n) is 6.63. The second kappa shape index (κ2) is 3.89. The molecule has 0 bridgehead atoms. The molecule has 0 aliphatic heterocycles. The number of nitrogens with two attached hydrogens (primary N) is 1. The minimum absolute atomic E-state index is 0.291. The molecule has 12 heavy (non-hydrogen) atoms. The van der Waals surface area contributed by atoms with Gasteiger partial charge in [-0.1, -0.05) is 18.2 Å². The highest BCUT2D eigenvalue weighted by atomic mass is 19.1. The summed E-state index contributed by atoms with van der Waals surface area (Å²) in [5, 5.41) is 0. The molecule has 0 saturated carbocycles. The van der Waals surface area contributed by atoms with Crippen molar-refractivity contribution in [3.05, 3.63) is 35.6 Å². The maximum absolute atomic E-state index is 13.0. The smallest absolute Gasteiger partial charge is 0.128 e. The van der Waals surface area contributed by atoms with Crippen molar-refractivity contribution in [2.75, 3.05) is 0 Å². The molecule has 0 fully saturated rings. The van der Waals surface area contributed by atoms with Crippen LogP contribution >= 0.6 is 0 Å². The van der Waals surface area contributed by atoms with E-state index < -0.39 is 6.04 Å². The monoisotopic (exact) mass is 163 g/mol. The lowest BCUT2D eigenvalue weighted by Crippen LogP contribution is -2.10. The van der Waals surface area contributed by atoms with Gasteiger partial charge in [0.25, 0.3) is 0 Å². The van der Waals surface area contributed by atoms with Crippen molar-refractivity contribution >= 4 is 0 Å². The molecule has 1 atom stereocenters. The van der Waals surface area contributed by atoms with Crippen molar-refractivity contribution in [2.45, 2.75) is 12.5 Å². The van der Waals surface area contributed by atoms with Gasteiger partial charge in [-0.3, -0.25) is 0 Å². The van der Waals surface area contributed by atoms with E-state index in [1.165, 1.54) is 6.07 Å². The Bertz CT molecular complexity index is 301. The van der Waals surface area contributed by atoms with Crippen LogP contribution in [0, 0.1) is 18.2 Å². The van der Waals surface area contributed by atoms with Crippen LogP contribution in [0.25, 0.3) is 0 Å². The number of hydrogen-bond donors (Lipinski definition) is 1. The molecule has 0 spiro atoms. The van der Waals surface area contributed by atoms with Gasteiger partial charge < -0.3 is 5.73 Å². The zero-order valence-corrected chi connectivity index (χ0v) is 6.63. The van der Waals surface area contributed by atoms with E-state index in [1.54, 1.807) is 18.2 Å². The van der Waals surface area contributed by atoms with Gasteiger partial charge in [0.05, 0.1) is 0 Å². The summed E-state index contributed by atoms with van der Waals surface area (Å²) in [7, 11) is 0. The molecular formula is C10H10FN. The molecule has 2 heteroatoms. The molecule has 1 unspecified atom stereocenters. The summed E-state index contributed by atoms with van der Waals surface area (Å²) in [6.07, 6.45) is 5.43. The van der Waals surface area contributed by atoms with Gasteiger partial charge in [0.1, 0.15) is 5.82 Å². The number of terminal acetylenes is 1. The lowest BCUT2D eigenvalue weighted by molar-refractivity contribution is 0.585. The van der Waals surface area contributed by atoms with Crippen LogP contribution in [-0.2, 0) is 0 Å². The maximum atomic E-state index is 13.0. The van der Waals surface area contributed by atoms with Crippen molar-refractivity contribution < 1.29 is 4.39 Å². The first-order valence-corrected chi connectivity index (χ1v) is 3.69. The Labute approximate surface area is 71.4 Å². The molecule has 0 saturated heterocycles. The first kappa shape index (κ1) is 8.76. The number of halogens is 1. The molecule has 62 valence electrons. The first-order chi connectivity index (χ1) is 5.75. The first-order valence-electron chi connectivity index (χ1n) is 3.69. The van der Waals surface area contributed by atoms with Gasteiger partial charge in [0, 0.05) is 18.0 Å². The summed E-state index contributed by atoms with van der Waals surface area (Å²) in [6.45, 7) is 0. The fraction of sp³-hybridized carbons (Fsp3) is 0.200. The van der Waals surface area contributed by atoms with Crippen LogP contribution in [0.1, 0.15) is 18.0 Å². The Kier molecular flexibility index (Phi) is 2.84. The molecule has 0 aliphatic rings. The maximum Gasteiger partial charge on any atom is 0.128 e. The standard InChI is InChI=1S/C10H10FN/c1-2-5-10(12)8-6-3-4-7-9(8)11/h1,3-4,6-7,10H,5,12H2. The summed E-state index contributed by atoms with van der Waals surface area (Å²) in [6, 6.07) is 6.01. The summed E-state index contributed by atoms with van der Waals surface area (Å²) in [5.74, 6) is 2.11. The number of rotatable bonds is 2. The molecule has 1 aromatic rings. The van der Waals surface area contributed by atoms with Gasteiger partial charge in [-0.15, -0.1) is 12.3 Å². The summed E-state index contributed by atoms with van der Waals surface area (Å²) in [5.41, 5.74) is 6.11. The van der Waals surface area contributed by atoms with Crippen molar-refractivity contribution in [2.24, 2.45) is 5.73 Å². The van der Waals surface area contributed by atoms with Crippen LogP contribution in [0.5, 0.6) is 0 Å². The van der Waals surface area contributed by atoms with Crippen LogP contribution in [-0.4, -0.2) is 0 Å². The van der Waals surface area contributed by atoms with E-state index in [0.29, 0.717) is 12.0 Å². The third-order valence-electron chi connectivity index (χ3n) is 1.64. The van der Waals surface area contributed by atoms with E-state index in [4.69, 9.17) is 12.2 Å². The third-order valence-corrected chi connectivity index (χ3v) is 1.64. The normalized spacial score (nSPS) is 12.1. The summed E-state index contributed by atoms with van der Waals surface area (Å²) < 4.78 is 13.0. The van der Waals surface area contributed by atoms with Crippen LogP contribution in [0.2, 0.25) is 0 Å². The summed E-state index contributed by atoms with van der Waals surface area (Å²) >= 11 is 0. The lowest BCUT2D eigenvalue weighted by atomic mass is 10.0. The van der Waals surface area contributed by atoms with Gasteiger partial charge in [-0.2, -0.15) is 0 Å². The van der Waals surface area contributed by atoms with E-state index in [2.05, 4.69) is 5.92 Å². The zero-order chi connectivity index (χ0) is 8.97. The quantitative estimate of drug-likeness (QED) is 0.661. The van der Waals surface area contributed by atoms with Crippen LogP contribution < -0.4 is 5.73 Å². The molecule has 0 heterocycles. The third kappa shape index (κ3) is 1.84. The molecule has 2 N–H and O–H groups in total.